The molecule has 5 nitrogen and oxygen atoms in total. The second-order valence-corrected chi connectivity index (χ2v) is 6.28. The first-order valence-electron chi connectivity index (χ1n) is 5.71. The molecule has 0 bridgehead atoms. The molecule has 0 radical (unpaired) electrons. The first-order chi connectivity index (χ1) is 9.51. The van der Waals surface area contributed by atoms with Gasteiger partial charge < -0.3 is 4.74 Å². The topological polar surface area (TPSA) is 63.7 Å². The second kappa shape index (κ2) is 6.02. The zero-order valence-corrected chi connectivity index (χ0v) is 12.4. The van der Waals surface area contributed by atoms with Crippen LogP contribution in [0.15, 0.2) is 23.1 Å². The summed E-state index contributed by atoms with van der Waals surface area (Å²) in [5, 5.41) is 0. The predicted octanol–water partition coefficient (Wildman–Crippen LogP) is 1.81. The molecule has 0 unspecified atom stereocenters. The zero-order chi connectivity index (χ0) is 16.4. The van der Waals surface area contributed by atoms with Crippen LogP contribution in [0.4, 0.5) is 13.2 Å². The molecule has 1 aromatic carbocycles. The van der Waals surface area contributed by atoms with Gasteiger partial charge in [0.15, 0.2) is 0 Å². The summed E-state index contributed by atoms with van der Waals surface area (Å²) in [5.74, 6) is -0.814. The van der Waals surface area contributed by atoms with Crippen molar-refractivity contribution in [3.05, 3.63) is 29.3 Å². The highest BCUT2D eigenvalue weighted by Gasteiger charge is 2.35. The number of nitrogens with zero attached hydrogens (tertiary/aromatic N) is 1. The van der Waals surface area contributed by atoms with Crippen LogP contribution < -0.4 is 0 Å². The lowest BCUT2D eigenvalue weighted by Gasteiger charge is -2.19. The number of halogens is 3. The number of methoxy groups -OCH3 is 1. The summed E-state index contributed by atoms with van der Waals surface area (Å²) in [7, 11) is -2.05. The maximum absolute atomic E-state index is 12.8. The molecule has 0 aliphatic heterocycles. The lowest BCUT2D eigenvalue weighted by Crippen LogP contribution is -2.33. The molecule has 118 valence electrons. The predicted molar refractivity (Wildman–Crippen MR) is 68.0 cm³/mol. The van der Waals surface area contributed by atoms with E-state index in [4.69, 9.17) is 0 Å². The summed E-state index contributed by atoms with van der Waals surface area (Å²) in [6.07, 6.45) is -4.66. The first-order valence-corrected chi connectivity index (χ1v) is 7.15. The van der Waals surface area contributed by atoms with Crippen LogP contribution in [0.2, 0.25) is 0 Å². The number of carbonyl (C=O) groups is 1. The van der Waals surface area contributed by atoms with Crippen LogP contribution >= 0.6 is 0 Å². The molecule has 0 amide bonds. The summed E-state index contributed by atoms with van der Waals surface area (Å²) < 4.78 is 67.8. The van der Waals surface area contributed by atoms with E-state index >= 15 is 0 Å². The molecule has 0 atom stereocenters. The van der Waals surface area contributed by atoms with Gasteiger partial charge in [0.25, 0.3) is 0 Å². The Morgan fingerprint density at radius 2 is 1.90 bits per heavy atom. The van der Waals surface area contributed by atoms with Gasteiger partial charge in [-0.2, -0.15) is 17.5 Å². The van der Waals surface area contributed by atoms with Crippen molar-refractivity contribution in [1.29, 1.82) is 0 Å². The average Bonchev–Trinajstić information content (AvgIpc) is 2.36. The van der Waals surface area contributed by atoms with Gasteiger partial charge in [0.1, 0.15) is 6.54 Å². The van der Waals surface area contributed by atoms with Gasteiger partial charge in [-0.25, -0.2) is 8.42 Å². The Hall–Kier alpha value is -1.61. The van der Waals surface area contributed by atoms with Crippen molar-refractivity contribution in [3.8, 4) is 0 Å². The number of ether oxygens (including phenoxy) is 1. The van der Waals surface area contributed by atoms with Crippen LogP contribution in [0.25, 0.3) is 0 Å². The van der Waals surface area contributed by atoms with E-state index in [0.717, 1.165) is 39.3 Å². The minimum atomic E-state index is -4.66. The molecule has 9 heteroatoms. The van der Waals surface area contributed by atoms with Crippen molar-refractivity contribution < 1.29 is 31.1 Å². The number of alkyl halides is 3. The molecule has 0 fully saturated rings. The van der Waals surface area contributed by atoms with Gasteiger partial charge >= 0.3 is 12.1 Å². The largest absolute Gasteiger partial charge is 0.468 e. The molecule has 0 saturated carbocycles. The molecule has 0 N–H and O–H groups in total. The standard InChI is InChI=1S/C12H14F3NO4S/c1-8-9(12(13,14)15)5-4-6-10(8)21(18,19)16(2)7-11(17)20-3/h4-6H,7H2,1-3H3. The minimum Gasteiger partial charge on any atom is -0.468 e. The molecule has 1 aromatic rings. The van der Waals surface area contributed by atoms with E-state index in [-0.39, 0.29) is 0 Å². The number of benzene rings is 1. The van der Waals surface area contributed by atoms with Crippen molar-refractivity contribution in [1.82, 2.24) is 4.31 Å². The number of hydrogen-bond acceptors (Lipinski definition) is 4. The smallest absolute Gasteiger partial charge is 0.416 e. The molecular formula is C12H14F3NO4S. The molecule has 1 rings (SSSR count). The average molecular weight is 325 g/mol. The van der Waals surface area contributed by atoms with Crippen LogP contribution in [-0.4, -0.2) is 39.4 Å². The number of carbonyl (C=O) groups excluding carboxylic acids is 1. The lowest BCUT2D eigenvalue weighted by molar-refractivity contribution is -0.140. The minimum absolute atomic E-state index is 0.415. The molecule has 0 aliphatic rings. The van der Waals surface area contributed by atoms with Crippen LogP contribution in [0.3, 0.4) is 0 Å². The normalized spacial score (nSPS) is 12.5. The molecule has 0 aliphatic carbocycles. The Balaban J connectivity index is 3.30. The Labute approximate surface area is 120 Å². The van der Waals surface area contributed by atoms with E-state index in [2.05, 4.69) is 4.74 Å². The van der Waals surface area contributed by atoms with Crippen LogP contribution in [0.1, 0.15) is 11.1 Å². The van der Waals surface area contributed by atoms with E-state index in [1.54, 1.807) is 0 Å². The van der Waals surface area contributed by atoms with Gasteiger partial charge in [0.2, 0.25) is 10.0 Å². The van der Waals surface area contributed by atoms with Gasteiger partial charge in [-0.05, 0) is 24.6 Å². The highest BCUT2D eigenvalue weighted by Crippen LogP contribution is 2.34. The van der Waals surface area contributed by atoms with E-state index in [1.165, 1.54) is 0 Å². The van der Waals surface area contributed by atoms with E-state index in [9.17, 15) is 26.4 Å². The van der Waals surface area contributed by atoms with Gasteiger partial charge in [-0.1, -0.05) is 6.07 Å². The van der Waals surface area contributed by atoms with Gasteiger partial charge in [0, 0.05) is 7.05 Å². The van der Waals surface area contributed by atoms with Crippen molar-refractivity contribution in [2.75, 3.05) is 20.7 Å². The van der Waals surface area contributed by atoms with Gasteiger partial charge in [-0.3, -0.25) is 4.79 Å². The molecular weight excluding hydrogens is 311 g/mol. The summed E-state index contributed by atoms with van der Waals surface area (Å²) >= 11 is 0. The van der Waals surface area contributed by atoms with Crippen molar-refractivity contribution in [2.45, 2.75) is 18.0 Å². The number of rotatable bonds is 4. The van der Waals surface area contributed by atoms with Crippen molar-refractivity contribution in [3.63, 3.8) is 0 Å². The Kier molecular flexibility index (Phi) is 5.00. The maximum Gasteiger partial charge on any atom is 0.416 e. The summed E-state index contributed by atoms with van der Waals surface area (Å²) in [6, 6.07) is 2.87. The van der Waals surface area contributed by atoms with E-state index in [0.29, 0.717) is 4.31 Å². The number of likely N-dealkylation sites (N-methyl/N-ethyl adjacent to an activating group) is 1. The van der Waals surface area contributed by atoms with Gasteiger partial charge in [-0.15, -0.1) is 0 Å². The summed E-state index contributed by atoms with van der Waals surface area (Å²) in [4.78, 5) is 10.6. The van der Waals surface area contributed by atoms with E-state index in [1.807, 2.05) is 0 Å². The first kappa shape index (κ1) is 17.4. The highest BCUT2D eigenvalue weighted by atomic mass is 32.2. The molecule has 0 saturated heterocycles. The zero-order valence-electron chi connectivity index (χ0n) is 11.6. The SMILES string of the molecule is COC(=O)CN(C)S(=O)(=O)c1cccc(C(F)(F)F)c1C. The Morgan fingerprint density at radius 3 is 2.38 bits per heavy atom. The summed E-state index contributed by atoms with van der Waals surface area (Å²) in [5.41, 5.74) is -1.45. The second-order valence-electron chi connectivity index (χ2n) is 4.26. The molecule has 0 heterocycles. The molecule has 21 heavy (non-hydrogen) atoms. The van der Waals surface area contributed by atoms with Crippen LogP contribution in [0, 0.1) is 6.92 Å². The lowest BCUT2D eigenvalue weighted by atomic mass is 10.1. The van der Waals surface area contributed by atoms with Crippen LogP contribution in [-0.2, 0) is 25.7 Å². The molecule has 0 aromatic heterocycles. The quantitative estimate of drug-likeness (QED) is 0.792. The number of hydrogen-bond donors (Lipinski definition) is 0. The molecule has 0 spiro atoms. The van der Waals surface area contributed by atoms with E-state index < -0.39 is 44.7 Å². The third kappa shape index (κ3) is 3.73. The monoisotopic (exact) mass is 325 g/mol. The third-order valence-electron chi connectivity index (χ3n) is 2.86. The Bertz CT molecular complexity index is 640. The Morgan fingerprint density at radius 1 is 1.33 bits per heavy atom. The maximum atomic E-state index is 12.8. The van der Waals surface area contributed by atoms with Crippen molar-refractivity contribution >= 4 is 16.0 Å². The van der Waals surface area contributed by atoms with Crippen LogP contribution in [0.5, 0.6) is 0 Å². The van der Waals surface area contributed by atoms with Crippen molar-refractivity contribution in [2.24, 2.45) is 0 Å². The third-order valence-corrected chi connectivity index (χ3v) is 4.80. The fourth-order valence-corrected chi connectivity index (χ4v) is 3.06. The van der Waals surface area contributed by atoms with Gasteiger partial charge in [0.05, 0.1) is 17.6 Å². The number of esters is 1. The summed E-state index contributed by atoms with van der Waals surface area (Å²) in [6.45, 7) is 0.482. The number of sulfonamides is 1. The highest BCUT2D eigenvalue weighted by molar-refractivity contribution is 7.89. The fraction of sp³-hybridized carbons (Fsp3) is 0.417. The fourth-order valence-electron chi connectivity index (χ4n) is 1.70.